The SMILES string of the molecule is COC(=O)c1ccc(C(OS(C)(=O)=O)c2c[nH]c3ccc(C)cc23)cc1. The predicted octanol–water partition coefficient (Wildman–Crippen LogP) is 3.33. The summed E-state index contributed by atoms with van der Waals surface area (Å²) in [5.41, 5.74) is 3.64. The molecule has 1 unspecified atom stereocenters. The first-order valence-corrected chi connectivity index (χ1v) is 9.74. The zero-order valence-electron chi connectivity index (χ0n) is 14.6. The van der Waals surface area contributed by atoms with Gasteiger partial charge >= 0.3 is 5.97 Å². The average molecular weight is 373 g/mol. The van der Waals surface area contributed by atoms with Crippen LogP contribution in [0.4, 0.5) is 0 Å². The van der Waals surface area contributed by atoms with Gasteiger partial charge in [-0.2, -0.15) is 8.42 Å². The average Bonchev–Trinajstić information content (AvgIpc) is 3.01. The Bertz CT molecular complexity index is 1050. The molecule has 0 radical (unpaired) electrons. The molecule has 3 rings (SSSR count). The van der Waals surface area contributed by atoms with Crippen molar-refractivity contribution in [2.24, 2.45) is 0 Å². The van der Waals surface area contributed by atoms with E-state index < -0.39 is 22.2 Å². The topological polar surface area (TPSA) is 85.5 Å². The molecule has 1 aromatic heterocycles. The quantitative estimate of drug-likeness (QED) is 0.548. The van der Waals surface area contributed by atoms with Crippen molar-refractivity contribution in [2.75, 3.05) is 13.4 Å². The standard InChI is InChI=1S/C19H19NO5S/c1-12-4-9-17-15(10-12)16(11-20-17)18(25-26(3,22)23)13-5-7-14(8-6-13)19(21)24-2/h4-11,18,20H,1-3H3. The first kappa shape index (κ1) is 18.2. The summed E-state index contributed by atoms with van der Waals surface area (Å²) in [6.45, 7) is 1.97. The van der Waals surface area contributed by atoms with Crippen molar-refractivity contribution in [2.45, 2.75) is 13.0 Å². The summed E-state index contributed by atoms with van der Waals surface area (Å²) >= 11 is 0. The third kappa shape index (κ3) is 3.79. The maximum absolute atomic E-state index is 11.8. The number of hydrogen-bond donors (Lipinski definition) is 1. The fourth-order valence-electron chi connectivity index (χ4n) is 2.85. The minimum Gasteiger partial charge on any atom is -0.465 e. The van der Waals surface area contributed by atoms with E-state index in [0.29, 0.717) is 16.7 Å². The summed E-state index contributed by atoms with van der Waals surface area (Å²) in [6, 6.07) is 12.4. The maximum atomic E-state index is 11.8. The Hall–Kier alpha value is -2.64. The molecular formula is C19H19NO5S. The van der Waals surface area contributed by atoms with E-state index in [0.717, 1.165) is 22.7 Å². The summed E-state index contributed by atoms with van der Waals surface area (Å²) in [6.07, 6.45) is 1.93. The van der Waals surface area contributed by atoms with Crippen LogP contribution in [0.2, 0.25) is 0 Å². The van der Waals surface area contributed by atoms with E-state index in [1.54, 1.807) is 30.5 Å². The van der Waals surface area contributed by atoms with Crippen molar-refractivity contribution in [1.82, 2.24) is 4.98 Å². The number of benzene rings is 2. The molecule has 7 heteroatoms. The lowest BCUT2D eigenvalue weighted by Crippen LogP contribution is -2.12. The van der Waals surface area contributed by atoms with E-state index >= 15 is 0 Å². The van der Waals surface area contributed by atoms with E-state index in [1.807, 2.05) is 25.1 Å². The van der Waals surface area contributed by atoms with Gasteiger partial charge in [0.1, 0.15) is 6.10 Å². The van der Waals surface area contributed by atoms with E-state index in [1.165, 1.54) is 7.11 Å². The molecule has 0 aliphatic heterocycles. The van der Waals surface area contributed by atoms with Crippen LogP contribution in [0.1, 0.15) is 33.2 Å². The highest BCUT2D eigenvalue weighted by molar-refractivity contribution is 7.86. The van der Waals surface area contributed by atoms with Gasteiger partial charge in [-0.05, 0) is 36.8 Å². The molecule has 0 saturated carbocycles. The highest BCUT2D eigenvalue weighted by Gasteiger charge is 2.23. The van der Waals surface area contributed by atoms with Gasteiger partial charge < -0.3 is 9.72 Å². The smallest absolute Gasteiger partial charge is 0.337 e. The number of aromatic amines is 1. The second-order valence-corrected chi connectivity index (χ2v) is 7.69. The van der Waals surface area contributed by atoms with E-state index in [9.17, 15) is 13.2 Å². The lowest BCUT2D eigenvalue weighted by atomic mass is 9.99. The molecule has 0 amide bonds. The Balaban J connectivity index is 2.10. The Labute approximate surface area is 151 Å². The molecule has 1 atom stereocenters. The molecule has 2 aromatic carbocycles. The number of aryl methyl sites for hydroxylation is 1. The number of carbonyl (C=O) groups is 1. The van der Waals surface area contributed by atoms with Gasteiger partial charge in [-0.25, -0.2) is 4.79 Å². The van der Waals surface area contributed by atoms with Crippen LogP contribution in [-0.2, 0) is 19.0 Å². The molecule has 1 N–H and O–H groups in total. The summed E-state index contributed by atoms with van der Waals surface area (Å²) in [4.78, 5) is 14.8. The fourth-order valence-corrected chi connectivity index (χ4v) is 3.41. The number of methoxy groups -OCH3 is 1. The predicted molar refractivity (Wildman–Crippen MR) is 98.6 cm³/mol. The second-order valence-electron chi connectivity index (χ2n) is 6.09. The van der Waals surface area contributed by atoms with Crippen molar-refractivity contribution in [3.05, 3.63) is 70.9 Å². The maximum Gasteiger partial charge on any atom is 0.337 e. The van der Waals surface area contributed by atoms with Crippen molar-refractivity contribution in [3.8, 4) is 0 Å². The van der Waals surface area contributed by atoms with E-state index in [4.69, 9.17) is 4.18 Å². The van der Waals surface area contributed by atoms with Gasteiger partial charge in [0.05, 0.1) is 18.9 Å². The molecular weight excluding hydrogens is 354 g/mol. The van der Waals surface area contributed by atoms with Gasteiger partial charge in [0, 0.05) is 22.7 Å². The third-order valence-corrected chi connectivity index (χ3v) is 4.60. The van der Waals surface area contributed by atoms with Crippen LogP contribution in [0.3, 0.4) is 0 Å². The molecule has 136 valence electrons. The third-order valence-electron chi connectivity index (χ3n) is 4.06. The van der Waals surface area contributed by atoms with Crippen molar-refractivity contribution in [1.29, 1.82) is 0 Å². The van der Waals surface area contributed by atoms with Gasteiger partial charge in [-0.1, -0.05) is 23.8 Å². The molecule has 0 saturated heterocycles. The number of fused-ring (bicyclic) bond motifs is 1. The van der Waals surface area contributed by atoms with Crippen LogP contribution in [0.15, 0.2) is 48.7 Å². The van der Waals surface area contributed by atoms with E-state index in [2.05, 4.69) is 9.72 Å². The van der Waals surface area contributed by atoms with Crippen molar-refractivity contribution < 1.29 is 22.1 Å². The zero-order chi connectivity index (χ0) is 18.9. The molecule has 26 heavy (non-hydrogen) atoms. The number of nitrogens with one attached hydrogen (secondary N) is 1. The molecule has 0 aliphatic rings. The minimum atomic E-state index is -3.71. The van der Waals surface area contributed by atoms with Gasteiger partial charge in [-0.3, -0.25) is 4.18 Å². The lowest BCUT2D eigenvalue weighted by molar-refractivity contribution is 0.0600. The number of carbonyl (C=O) groups excluding carboxylic acids is 1. The van der Waals surface area contributed by atoms with Crippen LogP contribution < -0.4 is 0 Å². The molecule has 0 aliphatic carbocycles. The van der Waals surface area contributed by atoms with Crippen LogP contribution in [0, 0.1) is 6.92 Å². The van der Waals surface area contributed by atoms with Crippen LogP contribution >= 0.6 is 0 Å². The molecule has 1 heterocycles. The van der Waals surface area contributed by atoms with E-state index in [-0.39, 0.29) is 0 Å². The van der Waals surface area contributed by atoms with Gasteiger partial charge in [-0.15, -0.1) is 0 Å². The fraction of sp³-hybridized carbons (Fsp3) is 0.211. The number of aromatic nitrogens is 1. The summed E-state index contributed by atoms with van der Waals surface area (Å²) < 4.78 is 33.7. The second kappa shape index (κ2) is 6.93. The van der Waals surface area contributed by atoms with Crippen LogP contribution in [-0.4, -0.2) is 32.7 Å². The lowest BCUT2D eigenvalue weighted by Gasteiger charge is -2.17. The normalized spacial score (nSPS) is 12.9. The van der Waals surface area contributed by atoms with Gasteiger partial charge in [0.25, 0.3) is 10.1 Å². The number of H-pyrrole nitrogens is 1. The van der Waals surface area contributed by atoms with Crippen LogP contribution in [0.5, 0.6) is 0 Å². The Morgan fingerprint density at radius 1 is 1.12 bits per heavy atom. The highest BCUT2D eigenvalue weighted by Crippen LogP contribution is 2.33. The monoisotopic (exact) mass is 373 g/mol. The first-order valence-electron chi connectivity index (χ1n) is 7.92. The molecule has 0 fully saturated rings. The minimum absolute atomic E-state index is 0.379. The highest BCUT2D eigenvalue weighted by atomic mass is 32.2. The number of esters is 1. The van der Waals surface area contributed by atoms with Gasteiger partial charge in [0.15, 0.2) is 0 Å². The molecule has 0 bridgehead atoms. The summed E-state index contributed by atoms with van der Waals surface area (Å²) in [5, 5.41) is 0.885. The Kier molecular flexibility index (Phi) is 4.84. The molecule has 3 aromatic rings. The molecule has 0 spiro atoms. The molecule has 6 nitrogen and oxygen atoms in total. The van der Waals surface area contributed by atoms with Crippen molar-refractivity contribution >= 4 is 27.0 Å². The Morgan fingerprint density at radius 3 is 2.42 bits per heavy atom. The Morgan fingerprint density at radius 2 is 1.81 bits per heavy atom. The largest absolute Gasteiger partial charge is 0.465 e. The summed E-state index contributed by atoms with van der Waals surface area (Å²) in [5.74, 6) is -0.458. The van der Waals surface area contributed by atoms with Crippen molar-refractivity contribution in [3.63, 3.8) is 0 Å². The van der Waals surface area contributed by atoms with Gasteiger partial charge in [0.2, 0.25) is 0 Å². The zero-order valence-corrected chi connectivity index (χ0v) is 15.5. The number of hydrogen-bond acceptors (Lipinski definition) is 5. The number of rotatable bonds is 5. The van der Waals surface area contributed by atoms with Crippen LogP contribution in [0.25, 0.3) is 10.9 Å². The first-order chi connectivity index (χ1) is 12.3. The number of ether oxygens (including phenoxy) is 1. The summed E-state index contributed by atoms with van der Waals surface area (Å²) in [7, 11) is -2.41.